The van der Waals surface area contributed by atoms with Crippen molar-refractivity contribution in [2.75, 3.05) is 32.1 Å². The molecule has 2 aromatic carbocycles. The number of rotatable bonds is 8. The number of guanidine groups is 1. The Morgan fingerprint density at radius 3 is 2.50 bits per heavy atom. The van der Waals surface area contributed by atoms with Gasteiger partial charge >= 0.3 is 0 Å². The van der Waals surface area contributed by atoms with Gasteiger partial charge in [-0.3, -0.25) is 9.79 Å². The molecule has 0 fully saturated rings. The summed E-state index contributed by atoms with van der Waals surface area (Å²) < 4.78 is 5.74. The Kier molecular flexibility index (Phi) is 7.87. The summed E-state index contributed by atoms with van der Waals surface area (Å²) in [4.78, 5) is 15.4. The lowest BCUT2D eigenvalue weighted by Gasteiger charge is -2.26. The van der Waals surface area contributed by atoms with Crippen molar-refractivity contribution < 1.29 is 9.53 Å². The summed E-state index contributed by atoms with van der Waals surface area (Å²) in [6, 6.07) is 17.8. The molecule has 6 nitrogen and oxygen atoms in total. The van der Waals surface area contributed by atoms with E-state index < -0.39 is 0 Å². The maximum Gasteiger partial charge on any atom is 0.221 e. The second kappa shape index (κ2) is 10.3. The van der Waals surface area contributed by atoms with Crippen molar-refractivity contribution in [1.82, 2.24) is 10.6 Å². The van der Waals surface area contributed by atoms with E-state index >= 15 is 0 Å². The van der Waals surface area contributed by atoms with Crippen molar-refractivity contribution in [2.24, 2.45) is 4.99 Å². The first-order valence-corrected chi connectivity index (χ1v) is 9.41. The fourth-order valence-electron chi connectivity index (χ4n) is 2.72. The summed E-state index contributed by atoms with van der Waals surface area (Å²) in [5.41, 5.74) is 1.98. The van der Waals surface area contributed by atoms with Gasteiger partial charge in [-0.2, -0.15) is 0 Å². The third kappa shape index (κ3) is 6.95. The zero-order chi connectivity index (χ0) is 20.4. The molecule has 0 heterocycles. The van der Waals surface area contributed by atoms with Crippen LogP contribution in [0.5, 0.6) is 5.75 Å². The van der Waals surface area contributed by atoms with Crippen LogP contribution in [0.1, 0.15) is 26.3 Å². The van der Waals surface area contributed by atoms with Crippen molar-refractivity contribution in [3.8, 4) is 5.75 Å². The highest BCUT2D eigenvalue weighted by Gasteiger charge is 2.20. The molecule has 1 amide bonds. The molecule has 2 rings (SSSR count). The molecule has 0 aliphatic rings. The Labute approximate surface area is 167 Å². The summed E-state index contributed by atoms with van der Waals surface area (Å²) in [5, 5.41) is 9.37. The van der Waals surface area contributed by atoms with Crippen molar-refractivity contribution >= 4 is 17.6 Å². The number of nitrogens with zero attached hydrogens (tertiary/aromatic N) is 1. The lowest BCUT2D eigenvalue weighted by atomic mass is 9.85. The van der Waals surface area contributed by atoms with Crippen LogP contribution in [0.25, 0.3) is 0 Å². The third-order valence-corrected chi connectivity index (χ3v) is 4.29. The standard InChI is InChI=1S/C22H30N4O2/c1-17(27)26-19-11-8-12-20(15-19)28-14-13-24-21(23-4)25-16-22(2,3)18-9-6-5-7-10-18/h5-12,15H,13-14,16H2,1-4H3,(H,26,27)(H2,23,24,25). The number of hydrogen-bond acceptors (Lipinski definition) is 3. The molecule has 0 atom stereocenters. The van der Waals surface area contributed by atoms with Gasteiger partial charge in [-0.1, -0.05) is 50.2 Å². The Morgan fingerprint density at radius 1 is 1.07 bits per heavy atom. The van der Waals surface area contributed by atoms with E-state index in [1.165, 1.54) is 12.5 Å². The molecule has 3 N–H and O–H groups in total. The summed E-state index contributed by atoms with van der Waals surface area (Å²) in [6.07, 6.45) is 0. The van der Waals surface area contributed by atoms with Gasteiger partial charge in [0.1, 0.15) is 12.4 Å². The van der Waals surface area contributed by atoms with E-state index in [-0.39, 0.29) is 11.3 Å². The highest BCUT2D eigenvalue weighted by Crippen LogP contribution is 2.21. The van der Waals surface area contributed by atoms with Crippen LogP contribution in [0, 0.1) is 0 Å². The van der Waals surface area contributed by atoms with E-state index in [0.717, 1.165) is 18.2 Å². The predicted octanol–water partition coefficient (Wildman–Crippen LogP) is 3.17. The SMILES string of the molecule is CN=C(NCCOc1cccc(NC(C)=O)c1)NCC(C)(C)c1ccccc1. The van der Waals surface area contributed by atoms with Crippen molar-refractivity contribution in [3.05, 3.63) is 60.2 Å². The van der Waals surface area contributed by atoms with E-state index in [1.807, 2.05) is 24.3 Å². The fraction of sp³-hybridized carbons (Fsp3) is 0.364. The number of amides is 1. The minimum atomic E-state index is -0.105. The normalized spacial score (nSPS) is 11.6. The van der Waals surface area contributed by atoms with Gasteiger partial charge < -0.3 is 20.7 Å². The van der Waals surface area contributed by atoms with Gasteiger partial charge in [0.05, 0.1) is 6.54 Å². The van der Waals surface area contributed by atoms with E-state index in [2.05, 4.69) is 59.1 Å². The molecule has 0 aliphatic carbocycles. The number of benzene rings is 2. The van der Waals surface area contributed by atoms with Crippen LogP contribution in [0.4, 0.5) is 5.69 Å². The second-order valence-corrected chi connectivity index (χ2v) is 7.16. The van der Waals surface area contributed by atoms with E-state index in [4.69, 9.17) is 4.74 Å². The second-order valence-electron chi connectivity index (χ2n) is 7.16. The topological polar surface area (TPSA) is 74.8 Å². The quantitative estimate of drug-likeness (QED) is 0.372. The molecule has 0 spiro atoms. The molecular formula is C22H30N4O2. The number of hydrogen-bond donors (Lipinski definition) is 3. The molecule has 0 aliphatic heterocycles. The minimum Gasteiger partial charge on any atom is -0.492 e. The first-order chi connectivity index (χ1) is 13.4. The van der Waals surface area contributed by atoms with Crippen LogP contribution in [0.15, 0.2) is 59.6 Å². The lowest BCUT2D eigenvalue weighted by Crippen LogP contribution is -2.44. The molecule has 0 unspecified atom stereocenters. The minimum absolute atomic E-state index is 0.0144. The largest absolute Gasteiger partial charge is 0.492 e. The van der Waals surface area contributed by atoms with Gasteiger partial charge in [0.25, 0.3) is 0 Å². The smallest absolute Gasteiger partial charge is 0.221 e. The first-order valence-electron chi connectivity index (χ1n) is 9.41. The van der Waals surface area contributed by atoms with E-state index in [0.29, 0.717) is 18.9 Å². The third-order valence-electron chi connectivity index (χ3n) is 4.29. The molecule has 6 heteroatoms. The van der Waals surface area contributed by atoms with Gasteiger partial charge in [0.2, 0.25) is 5.91 Å². The molecule has 0 saturated carbocycles. The zero-order valence-electron chi connectivity index (χ0n) is 17.1. The molecule has 0 aromatic heterocycles. The Bertz CT molecular complexity index is 788. The molecule has 2 aromatic rings. The molecule has 0 saturated heterocycles. The molecule has 150 valence electrons. The van der Waals surface area contributed by atoms with Crippen molar-refractivity contribution in [2.45, 2.75) is 26.2 Å². The van der Waals surface area contributed by atoms with E-state index in [1.54, 1.807) is 13.1 Å². The molecule has 0 radical (unpaired) electrons. The maximum atomic E-state index is 11.1. The number of aliphatic imine (C=N–C) groups is 1. The van der Waals surface area contributed by atoms with Gasteiger partial charge in [-0.25, -0.2) is 0 Å². The van der Waals surface area contributed by atoms with Crippen LogP contribution in [0.2, 0.25) is 0 Å². The Balaban J connectivity index is 1.76. The lowest BCUT2D eigenvalue weighted by molar-refractivity contribution is -0.114. The average molecular weight is 383 g/mol. The average Bonchev–Trinajstić information content (AvgIpc) is 2.68. The summed E-state index contributed by atoms with van der Waals surface area (Å²) in [5.74, 6) is 1.34. The van der Waals surface area contributed by atoms with Crippen LogP contribution < -0.4 is 20.7 Å². The molecule has 0 bridgehead atoms. The van der Waals surface area contributed by atoms with Crippen LogP contribution >= 0.6 is 0 Å². The number of ether oxygens (including phenoxy) is 1. The van der Waals surface area contributed by atoms with Gasteiger partial charge in [0.15, 0.2) is 5.96 Å². The predicted molar refractivity (Wildman–Crippen MR) is 115 cm³/mol. The van der Waals surface area contributed by atoms with Crippen LogP contribution in [-0.2, 0) is 10.2 Å². The van der Waals surface area contributed by atoms with Gasteiger partial charge in [-0.05, 0) is 17.7 Å². The highest BCUT2D eigenvalue weighted by molar-refractivity contribution is 5.88. The summed E-state index contributed by atoms with van der Waals surface area (Å²) in [6.45, 7) is 7.73. The number of anilines is 1. The highest BCUT2D eigenvalue weighted by atomic mass is 16.5. The number of carbonyl (C=O) groups is 1. The van der Waals surface area contributed by atoms with Crippen LogP contribution in [-0.4, -0.2) is 38.6 Å². The summed E-state index contributed by atoms with van der Waals surface area (Å²) >= 11 is 0. The van der Waals surface area contributed by atoms with Gasteiger partial charge in [-0.15, -0.1) is 0 Å². The zero-order valence-corrected chi connectivity index (χ0v) is 17.1. The molecular weight excluding hydrogens is 352 g/mol. The fourth-order valence-corrected chi connectivity index (χ4v) is 2.72. The van der Waals surface area contributed by atoms with E-state index in [9.17, 15) is 4.79 Å². The van der Waals surface area contributed by atoms with Crippen molar-refractivity contribution in [3.63, 3.8) is 0 Å². The Morgan fingerprint density at radius 2 is 1.82 bits per heavy atom. The van der Waals surface area contributed by atoms with Crippen molar-refractivity contribution in [1.29, 1.82) is 0 Å². The van der Waals surface area contributed by atoms with Crippen LogP contribution in [0.3, 0.4) is 0 Å². The summed E-state index contributed by atoms with van der Waals surface area (Å²) in [7, 11) is 1.75. The monoisotopic (exact) mass is 382 g/mol. The first kappa shape index (κ1) is 21.3. The Hall–Kier alpha value is -3.02. The number of carbonyl (C=O) groups excluding carboxylic acids is 1. The molecule has 28 heavy (non-hydrogen) atoms. The number of nitrogens with one attached hydrogen (secondary N) is 3. The maximum absolute atomic E-state index is 11.1. The van der Waals surface area contributed by atoms with Gasteiger partial charge in [0, 0.05) is 37.7 Å².